The van der Waals surface area contributed by atoms with E-state index in [1.807, 2.05) is 0 Å². The minimum atomic E-state index is -4.80. The molecule has 0 amide bonds. The first-order valence-electron chi connectivity index (χ1n) is 13.3. The van der Waals surface area contributed by atoms with Crippen molar-refractivity contribution >= 4 is 0 Å². The fourth-order valence-corrected chi connectivity index (χ4v) is 4.69. The monoisotopic (exact) mass is 711 g/mol. The van der Waals surface area contributed by atoms with E-state index in [4.69, 9.17) is 9.84 Å². The fourth-order valence-electron chi connectivity index (χ4n) is 4.69. The number of rotatable bonds is 9. The van der Waals surface area contributed by atoms with E-state index in [1.165, 1.54) is 12.1 Å². The molecule has 4 nitrogen and oxygen atoms in total. The van der Waals surface area contributed by atoms with Crippen LogP contribution in [0.1, 0.15) is 49.8 Å². The standard InChI is InChI=1S/C29H23F9O3.CH4O.2FH.V/c1-2-3-15-4-7-25(39-13-15)16-5-6-19(20(30)8-16)17-9-21(31)27(22(32)10-17)29(37,38)41-18-11-23(33)28(24(34)12-18)40-14-26(35)36;1-2;;;/h5-6,8-12,14-15,25H,2-4,7,13H2,1H3;2H,1H3;2*1H;/q;;;;+2/p-2. The number of halogens is 11. The van der Waals surface area contributed by atoms with Crippen molar-refractivity contribution in [2.75, 3.05) is 13.7 Å². The second kappa shape index (κ2) is 18.2. The van der Waals surface area contributed by atoms with Gasteiger partial charge in [-0.15, -0.1) is 0 Å². The molecule has 0 radical (unpaired) electrons. The van der Waals surface area contributed by atoms with Crippen LogP contribution < -0.4 is 9.47 Å². The summed E-state index contributed by atoms with van der Waals surface area (Å²) in [6, 6.07) is 5.18. The molecular formula is C30H27F11O4V. The Kier molecular flexibility index (Phi) is 15.4. The third-order valence-corrected chi connectivity index (χ3v) is 6.56. The van der Waals surface area contributed by atoms with Gasteiger partial charge in [0.25, 0.3) is 0 Å². The summed E-state index contributed by atoms with van der Waals surface area (Å²) >= 11 is -2.31. The Hall–Kier alpha value is -3.27. The molecule has 4 rings (SSSR count). The number of aliphatic hydroxyl groups excluding tert-OH is 1. The summed E-state index contributed by atoms with van der Waals surface area (Å²) in [5.74, 6) is -10.1. The van der Waals surface area contributed by atoms with Gasteiger partial charge >= 0.3 is 36.3 Å². The van der Waals surface area contributed by atoms with Crippen molar-refractivity contribution in [3.05, 3.63) is 95.0 Å². The fraction of sp³-hybridized carbons (Fsp3) is 0.333. The van der Waals surface area contributed by atoms with E-state index in [0.717, 1.165) is 32.4 Å². The van der Waals surface area contributed by atoms with Gasteiger partial charge in [0, 0.05) is 24.8 Å². The summed E-state index contributed by atoms with van der Waals surface area (Å²) < 4.78 is 160. The molecule has 0 saturated carbocycles. The van der Waals surface area contributed by atoms with Gasteiger partial charge in [-0.25, -0.2) is 22.0 Å². The minimum absolute atomic E-state index is 0.150. The normalized spacial score (nSPS) is 15.9. The number of hydrogen-bond acceptors (Lipinski definition) is 4. The molecule has 0 bridgehead atoms. The number of alkyl halides is 2. The Bertz CT molecular complexity index is 1410. The topological polar surface area (TPSA) is 47.9 Å². The Morgan fingerprint density at radius 1 is 0.913 bits per heavy atom. The van der Waals surface area contributed by atoms with Crippen molar-refractivity contribution in [3.63, 3.8) is 0 Å². The molecule has 16 heteroatoms. The summed E-state index contributed by atoms with van der Waals surface area (Å²) in [7, 11) is 1.00. The van der Waals surface area contributed by atoms with Crippen LogP contribution in [-0.2, 0) is 28.1 Å². The predicted octanol–water partition coefficient (Wildman–Crippen LogP) is 10.0. The van der Waals surface area contributed by atoms with Crippen LogP contribution in [-0.4, -0.2) is 18.8 Å². The second-order valence-corrected chi connectivity index (χ2v) is 9.73. The second-order valence-electron chi connectivity index (χ2n) is 9.53. The molecule has 3 aromatic carbocycles. The molecule has 0 spiro atoms. The van der Waals surface area contributed by atoms with Gasteiger partial charge in [0.1, 0.15) is 28.8 Å². The Morgan fingerprint density at radius 2 is 1.50 bits per heavy atom. The maximum atomic E-state index is 15.0. The van der Waals surface area contributed by atoms with Gasteiger partial charge < -0.3 is 19.3 Å². The molecule has 1 N–H and O–H groups in total. The molecule has 1 heterocycles. The van der Waals surface area contributed by atoms with Crippen molar-refractivity contribution in [2.24, 2.45) is 5.92 Å². The van der Waals surface area contributed by atoms with Gasteiger partial charge in [-0.05, 0) is 54.5 Å². The van der Waals surface area contributed by atoms with Crippen molar-refractivity contribution in [2.45, 2.75) is 44.8 Å². The molecule has 46 heavy (non-hydrogen) atoms. The van der Waals surface area contributed by atoms with Crippen LogP contribution in [0.2, 0.25) is 0 Å². The van der Waals surface area contributed by atoms with E-state index in [2.05, 4.69) is 16.4 Å². The van der Waals surface area contributed by atoms with Gasteiger partial charge in [-0.1, -0.05) is 25.5 Å². The first-order chi connectivity index (χ1) is 21.8. The molecule has 1 aliphatic heterocycles. The quantitative estimate of drug-likeness (QED) is 0.177. The van der Waals surface area contributed by atoms with Gasteiger partial charge in [-0.2, -0.15) is 17.6 Å². The Labute approximate surface area is 264 Å². The van der Waals surface area contributed by atoms with Crippen LogP contribution in [0.3, 0.4) is 0 Å². The zero-order valence-electron chi connectivity index (χ0n) is 24.1. The summed E-state index contributed by atoms with van der Waals surface area (Å²) in [5.41, 5.74) is -2.03. The van der Waals surface area contributed by atoms with E-state index in [1.54, 1.807) is 0 Å². The van der Waals surface area contributed by atoms with Crippen LogP contribution in [0.4, 0.5) is 46.3 Å². The van der Waals surface area contributed by atoms with Gasteiger partial charge in [-0.3, -0.25) is 0 Å². The number of ether oxygens (including phenoxy) is 3. The first kappa shape index (κ1) is 38.9. The van der Waals surface area contributed by atoms with E-state index >= 15 is 0 Å². The van der Waals surface area contributed by atoms with Crippen molar-refractivity contribution in [1.29, 1.82) is 0 Å². The summed E-state index contributed by atoms with van der Waals surface area (Å²) in [6.45, 7) is 2.61. The van der Waals surface area contributed by atoms with E-state index in [9.17, 15) is 46.3 Å². The van der Waals surface area contributed by atoms with Gasteiger partial charge in [0.15, 0.2) is 23.6 Å². The molecule has 1 saturated heterocycles. The van der Waals surface area contributed by atoms with Crippen LogP contribution >= 0.6 is 0 Å². The number of hydrogen-bond donors (Lipinski definition) is 1. The first-order valence-corrected chi connectivity index (χ1v) is 14.4. The number of benzene rings is 3. The average molecular weight is 711 g/mol. The predicted molar refractivity (Wildman–Crippen MR) is 140 cm³/mol. The van der Waals surface area contributed by atoms with Gasteiger partial charge in [0.2, 0.25) is 0 Å². The van der Waals surface area contributed by atoms with Crippen LogP contribution in [0.5, 0.6) is 11.5 Å². The van der Waals surface area contributed by atoms with Crippen molar-refractivity contribution in [1.82, 2.24) is 0 Å². The molecule has 1 fully saturated rings. The number of aliphatic hydroxyl groups is 1. The summed E-state index contributed by atoms with van der Waals surface area (Å²) in [5, 5.41) is 7.00. The SMILES string of the molecule is CCCC1CCC(c2ccc(-c3cc(F)c(C(F)(F)Oc4cc(F)c(OC=C(F)F)c(F)c4)c(F)c3)c(F)c2)OC1.CO.[F][V][F]. The van der Waals surface area contributed by atoms with E-state index in [0.29, 0.717) is 36.6 Å². The molecule has 1 aliphatic rings. The van der Waals surface area contributed by atoms with E-state index < -0.39 is 75.6 Å². The van der Waals surface area contributed by atoms with Crippen LogP contribution in [0, 0.1) is 35.0 Å². The molecule has 0 aliphatic carbocycles. The zero-order valence-corrected chi connectivity index (χ0v) is 25.5. The molecule has 2 unspecified atom stereocenters. The molecule has 253 valence electrons. The van der Waals surface area contributed by atoms with Crippen LogP contribution in [0.15, 0.2) is 54.8 Å². The van der Waals surface area contributed by atoms with E-state index in [-0.39, 0.29) is 35.6 Å². The molecule has 3 aromatic rings. The van der Waals surface area contributed by atoms with Crippen molar-refractivity contribution in [3.8, 4) is 22.6 Å². The Balaban J connectivity index is 0.00000139. The summed E-state index contributed by atoms with van der Waals surface area (Å²) in [6.07, 6.45) is -4.24. The summed E-state index contributed by atoms with van der Waals surface area (Å²) in [4.78, 5) is 0. The maximum absolute atomic E-state index is 15.0. The van der Waals surface area contributed by atoms with Gasteiger partial charge in [0.05, 0.1) is 12.7 Å². The molecule has 0 aromatic heterocycles. The van der Waals surface area contributed by atoms with Crippen LogP contribution in [0.25, 0.3) is 11.1 Å². The molecular weight excluding hydrogens is 684 g/mol. The van der Waals surface area contributed by atoms with Crippen molar-refractivity contribution < 1.29 is 82.9 Å². The third kappa shape index (κ3) is 10.4. The average Bonchev–Trinajstić information content (AvgIpc) is 2.98. The molecule has 2 atom stereocenters. The zero-order chi connectivity index (χ0) is 34.6. The third-order valence-electron chi connectivity index (χ3n) is 6.56. The Morgan fingerprint density at radius 3 is 1.98 bits per heavy atom.